The normalized spacial score (nSPS) is 14.1. The standard InChI is InChI=1S/C27H35N5O4/c1-27(2,3)36-26(34)32-13-11-31(12-14-32)25-9-6-19(18-29-25)22-17-23(28-10-5-15-33)21-8-7-20(35-4)16-24(21)30-22/h6-9,16-18,33H,5,10-15H2,1-4H3,(H,28,30). The molecule has 4 rings (SSSR count). The number of amides is 1. The highest BCUT2D eigenvalue weighted by Gasteiger charge is 2.26. The van der Waals surface area contributed by atoms with Crippen LogP contribution in [0.25, 0.3) is 22.2 Å². The van der Waals surface area contributed by atoms with E-state index in [1.165, 1.54) is 0 Å². The number of nitrogens with zero attached hydrogens (tertiary/aromatic N) is 4. The fraction of sp³-hybridized carbons (Fsp3) is 0.444. The first kappa shape index (κ1) is 25.5. The van der Waals surface area contributed by atoms with Crippen LogP contribution in [0.2, 0.25) is 0 Å². The molecule has 9 nitrogen and oxygen atoms in total. The maximum absolute atomic E-state index is 12.3. The summed E-state index contributed by atoms with van der Waals surface area (Å²) in [5, 5.41) is 13.6. The summed E-state index contributed by atoms with van der Waals surface area (Å²) < 4.78 is 10.9. The lowest BCUT2D eigenvalue weighted by Crippen LogP contribution is -2.50. The van der Waals surface area contributed by atoms with Crippen LogP contribution in [0.15, 0.2) is 42.6 Å². The Labute approximate surface area is 212 Å². The number of hydrogen-bond acceptors (Lipinski definition) is 8. The van der Waals surface area contributed by atoms with Crippen molar-refractivity contribution in [1.82, 2.24) is 14.9 Å². The van der Waals surface area contributed by atoms with E-state index in [9.17, 15) is 9.90 Å². The summed E-state index contributed by atoms with van der Waals surface area (Å²) in [7, 11) is 1.64. The van der Waals surface area contributed by atoms with E-state index in [4.69, 9.17) is 19.4 Å². The van der Waals surface area contributed by atoms with Gasteiger partial charge < -0.3 is 29.7 Å². The van der Waals surface area contributed by atoms with Gasteiger partial charge in [0.25, 0.3) is 0 Å². The van der Waals surface area contributed by atoms with Crippen LogP contribution in [0.3, 0.4) is 0 Å². The van der Waals surface area contributed by atoms with E-state index in [-0.39, 0.29) is 12.7 Å². The number of hydrogen-bond donors (Lipinski definition) is 2. The fourth-order valence-corrected chi connectivity index (χ4v) is 4.10. The molecule has 9 heteroatoms. The first-order chi connectivity index (χ1) is 17.3. The Balaban J connectivity index is 1.50. The van der Waals surface area contributed by atoms with E-state index >= 15 is 0 Å². The number of ether oxygens (including phenoxy) is 2. The third-order valence-corrected chi connectivity index (χ3v) is 5.97. The van der Waals surface area contributed by atoms with Crippen molar-refractivity contribution in [1.29, 1.82) is 0 Å². The molecule has 1 aromatic carbocycles. The van der Waals surface area contributed by atoms with Gasteiger partial charge >= 0.3 is 6.09 Å². The highest BCUT2D eigenvalue weighted by molar-refractivity contribution is 5.94. The molecule has 0 bridgehead atoms. The van der Waals surface area contributed by atoms with Gasteiger partial charge in [-0.25, -0.2) is 14.8 Å². The number of piperazine rings is 1. The van der Waals surface area contributed by atoms with Gasteiger partial charge in [0.15, 0.2) is 0 Å². The van der Waals surface area contributed by atoms with Gasteiger partial charge in [-0.3, -0.25) is 0 Å². The molecule has 36 heavy (non-hydrogen) atoms. The molecule has 0 saturated carbocycles. The molecular weight excluding hydrogens is 458 g/mol. The highest BCUT2D eigenvalue weighted by Crippen LogP contribution is 2.31. The van der Waals surface area contributed by atoms with Crippen molar-refractivity contribution < 1.29 is 19.4 Å². The Bertz CT molecular complexity index is 1190. The number of aliphatic hydroxyl groups excluding tert-OH is 1. The van der Waals surface area contributed by atoms with Gasteiger partial charge in [0.1, 0.15) is 17.2 Å². The molecule has 3 aromatic rings. The van der Waals surface area contributed by atoms with Gasteiger partial charge in [0.05, 0.1) is 18.3 Å². The van der Waals surface area contributed by atoms with Gasteiger partial charge in [-0.05, 0) is 57.5 Å². The number of pyridine rings is 2. The monoisotopic (exact) mass is 493 g/mol. The van der Waals surface area contributed by atoms with Gasteiger partial charge in [0.2, 0.25) is 0 Å². The predicted octanol–water partition coefficient (Wildman–Crippen LogP) is 4.16. The van der Waals surface area contributed by atoms with Gasteiger partial charge in [0, 0.05) is 68.2 Å². The number of nitrogens with one attached hydrogen (secondary N) is 1. The fourth-order valence-electron chi connectivity index (χ4n) is 4.10. The average molecular weight is 494 g/mol. The van der Waals surface area contributed by atoms with Crippen LogP contribution in [-0.2, 0) is 4.74 Å². The molecule has 3 heterocycles. The minimum absolute atomic E-state index is 0.133. The predicted molar refractivity (Wildman–Crippen MR) is 142 cm³/mol. The number of aromatic nitrogens is 2. The van der Waals surface area contributed by atoms with Crippen molar-refractivity contribution in [2.75, 3.05) is 56.7 Å². The number of anilines is 2. The number of fused-ring (bicyclic) bond motifs is 1. The minimum atomic E-state index is -0.498. The molecule has 0 aliphatic carbocycles. The second kappa shape index (κ2) is 11.0. The highest BCUT2D eigenvalue weighted by atomic mass is 16.6. The first-order valence-corrected chi connectivity index (χ1v) is 12.3. The van der Waals surface area contributed by atoms with E-state index in [0.717, 1.165) is 39.4 Å². The Morgan fingerprint density at radius 1 is 1.11 bits per heavy atom. The summed E-state index contributed by atoms with van der Waals surface area (Å²) in [6.07, 6.45) is 2.22. The second-order valence-electron chi connectivity index (χ2n) is 9.80. The molecule has 1 saturated heterocycles. The van der Waals surface area contributed by atoms with Crippen LogP contribution in [0, 0.1) is 0 Å². The molecule has 1 amide bonds. The summed E-state index contributed by atoms with van der Waals surface area (Å²) >= 11 is 0. The first-order valence-electron chi connectivity index (χ1n) is 12.3. The average Bonchev–Trinajstić information content (AvgIpc) is 2.87. The number of methoxy groups -OCH3 is 1. The SMILES string of the molecule is COc1ccc2c(NCCCO)cc(-c3ccc(N4CCN(C(=O)OC(C)(C)C)CC4)nc3)nc2c1. The number of carbonyl (C=O) groups is 1. The molecule has 0 spiro atoms. The summed E-state index contributed by atoms with van der Waals surface area (Å²) in [4.78, 5) is 25.8. The summed E-state index contributed by atoms with van der Waals surface area (Å²) in [5.74, 6) is 1.61. The molecule has 0 radical (unpaired) electrons. The van der Waals surface area contributed by atoms with Crippen LogP contribution >= 0.6 is 0 Å². The van der Waals surface area contributed by atoms with Crippen molar-refractivity contribution in [2.45, 2.75) is 32.8 Å². The largest absolute Gasteiger partial charge is 0.497 e. The lowest BCUT2D eigenvalue weighted by Gasteiger charge is -2.36. The molecular formula is C27H35N5O4. The lowest BCUT2D eigenvalue weighted by atomic mass is 10.1. The molecule has 1 fully saturated rings. The maximum atomic E-state index is 12.3. The molecule has 0 atom stereocenters. The van der Waals surface area contributed by atoms with Crippen molar-refractivity contribution >= 4 is 28.5 Å². The zero-order chi connectivity index (χ0) is 25.7. The summed E-state index contributed by atoms with van der Waals surface area (Å²) in [6, 6.07) is 11.9. The Morgan fingerprint density at radius 3 is 2.53 bits per heavy atom. The van der Waals surface area contributed by atoms with Crippen LogP contribution < -0.4 is 15.0 Å². The van der Waals surface area contributed by atoms with E-state index in [1.807, 2.05) is 63.4 Å². The van der Waals surface area contributed by atoms with Gasteiger partial charge in [-0.2, -0.15) is 0 Å². The number of rotatable bonds is 7. The lowest BCUT2D eigenvalue weighted by molar-refractivity contribution is 0.0240. The quantitative estimate of drug-likeness (QED) is 0.474. The van der Waals surface area contributed by atoms with Crippen molar-refractivity contribution in [2.24, 2.45) is 0 Å². The Hall–Kier alpha value is -3.59. The number of carbonyl (C=O) groups excluding carboxylic acids is 1. The second-order valence-corrected chi connectivity index (χ2v) is 9.80. The number of aliphatic hydroxyl groups is 1. The van der Waals surface area contributed by atoms with E-state index in [0.29, 0.717) is 39.1 Å². The third kappa shape index (κ3) is 6.15. The molecule has 1 aliphatic heterocycles. The topological polar surface area (TPSA) is 100 Å². The van der Waals surface area contributed by atoms with Crippen LogP contribution in [0.4, 0.5) is 16.3 Å². The van der Waals surface area contributed by atoms with E-state index < -0.39 is 5.60 Å². The summed E-state index contributed by atoms with van der Waals surface area (Å²) in [5.41, 5.74) is 2.98. The van der Waals surface area contributed by atoms with Gasteiger partial charge in [-0.1, -0.05) is 0 Å². The third-order valence-electron chi connectivity index (χ3n) is 5.97. The smallest absolute Gasteiger partial charge is 0.410 e. The maximum Gasteiger partial charge on any atom is 0.410 e. The molecule has 2 aromatic heterocycles. The van der Waals surface area contributed by atoms with Crippen molar-refractivity contribution in [3.63, 3.8) is 0 Å². The molecule has 1 aliphatic rings. The van der Waals surface area contributed by atoms with Crippen molar-refractivity contribution in [3.8, 4) is 17.0 Å². The van der Waals surface area contributed by atoms with E-state index in [1.54, 1.807) is 12.0 Å². The molecule has 0 unspecified atom stereocenters. The zero-order valence-corrected chi connectivity index (χ0v) is 21.5. The minimum Gasteiger partial charge on any atom is -0.497 e. The Morgan fingerprint density at radius 2 is 1.89 bits per heavy atom. The molecule has 2 N–H and O–H groups in total. The summed E-state index contributed by atoms with van der Waals surface area (Å²) in [6.45, 7) is 8.99. The van der Waals surface area contributed by atoms with E-state index in [2.05, 4.69) is 10.2 Å². The van der Waals surface area contributed by atoms with Crippen molar-refractivity contribution in [3.05, 3.63) is 42.6 Å². The number of benzene rings is 1. The Kier molecular flexibility index (Phi) is 7.79. The molecule has 192 valence electrons. The van der Waals surface area contributed by atoms with Gasteiger partial charge in [-0.15, -0.1) is 0 Å². The van der Waals surface area contributed by atoms with Crippen LogP contribution in [0.1, 0.15) is 27.2 Å². The zero-order valence-electron chi connectivity index (χ0n) is 21.5. The van der Waals surface area contributed by atoms with Crippen LogP contribution in [-0.4, -0.2) is 78.1 Å². The van der Waals surface area contributed by atoms with Crippen LogP contribution in [0.5, 0.6) is 5.75 Å².